The number of rotatable bonds is 7. The third-order valence-corrected chi connectivity index (χ3v) is 9.62. The Morgan fingerprint density at radius 1 is 1.00 bits per heavy atom. The Labute approximate surface area is 247 Å². The summed E-state index contributed by atoms with van der Waals surface area (Å²) in [5, 5.41) is 9.05. The lowest BCUT2D eigenvalue weighted by atomic mass is 9.89. The number of benzene rings is 3. The molecular weight excluding hydrogens is 564 g/mol. The summed E-state index contributed by atoms with van der Waals surface area (Å²) in [5.41, 5.74) is 3.21. The SMILES string of the molecule is COc1ccc(-c2ccc(C#N)cc2)cc1CN(C(=O)c1sc2c(F)ccc(F)c2c1Cl)[C@H]1CC[C@H](N(C)C)CC1. The molecule has 1 aliphatic rings. The highest BCUT2D eigenvalue weighted by Gasteiger charge is 2.33. The van der Waals surface area contributed by atoms with Crippen LogP contribution in [0.15, 0.2) is 54.6 Å². The molecule has 212 valence electrons. The maximum absolute atomic E-state index is 14.7. The van der Waals surface area contributed by atoms with Gasteiger partial charge in [0.05, 0.1) is 33.9 Å². The molecule has 0 aliphatic heterocycles. The molecule has 4 aromatic rings. The van der Waals surface area contributed by atoms with Crippen LogP contribution >= 0.6 is 22.9 Å². The van der Waals surface area contributed by atoms with Crippen LogP contribution in [0.4, 0.5) is 8.78 Å². The quantitative estimate of drug-likeness (QED) is 0.219. The first kappa shape index (κ1) is 29.0. The van der Waals surface area contributed by atoms with E-state index in [9.17, 15) is 13.6 Å². The van der Waals surface area contributed by atoms with Crippen molar-refractivity contribution in [1.82, 2.24) is 9.80 Å². The largest absolute Gasteiger partial charge is 0.496 e. The van der Waals surface area contributed by atoms with Crippen molar-refractivity contribution in [2.75, 3.05) is 21.2 Å². The maximum atomic E-state index is 14.7. The normalized spacial score (nSPS) is 17.0. The van der Waals surface area contributed by atoms with Crippen molar-refractivity contribution in [2.24, 2.45) is 0 Å². The van der Waals surface area contributed by atoms with Crippen LogP contribution in [0, 0.1) is 23.0 Å². The first-order valence-electron chi connectivity index (χ1n) is 13.4. The number of hydrogen-bond donors (Lipinski definition) is 0. The zero-order chi connectivity index (χ0) is 29.3. The molecule has 3 aromatic carbocycles. The van der Waals surface area contributed by atoms with Crippen LogP contribution in [0.2, 0.25) is 5.02 Å². The number of nitrogens with zero attached hydrogens (tertiary/aromatic N) is 3. The molecule has 0 saturated heterocycles. The fourth-order valence-electron chi connectivity index (χ4n) is 5.62. The molecule has 1 heterocycles. The summed E-state index contributed by atoms with van der Waals surface area (Å²) >= 11 is 7.46. The lowest BCUT2D eigenvalue weighted by Gasteiger charge is -2.39. The van der Waals surface area contributed by atoms with Crippen LogP contribution < -0.4 is 4.74 Å². The van der Waals surface area contributed by atoms with Crippen molar-refractivity contribution >= 4 is 38.9 Å². The van der Waals surface area contributed by atoms with Crippen LogP contribution in [0.3, 0.4) is 0 Å². The number of halogens is 3. The summed E-state index contributed by atoms with van der Waals surface area (Å²) in [6.07, 6.45) is 3.43. The summed E-state index contributed by atoms with van der Waals surface area (Å²) in [6, 6.07) is 17.6. The van der Waals surface area contributed by atoms with Gasteiger partial charge in [-0.15, -0.1) is 11.3 Å². The van der Waals surface area contributed by atoms with E-state index in [4.69, 9.17) is 21.6 Å². The molecule has 1 fully saturated rings. The molecule has 0 bridgehead atoms. The Bertz CT molecular complexity index is 1620. The predicted molar refractivity (Wildman–Crippen MR) is 160 cm³/mol. The molecule has 1 amide bonds. The maximum Gasteiger partial charge on any atom is 0.266 e. The molecule has 0 unspecified atom stereocenters. The van der Waals surface area contributed by atoms with Crippen molar-refractivity contribution < 1.29 is 18.3 Å². The van der Waals surface area contributed by atoms with E-state index in [1.54, 1.807) is 24.1 Å². The van der Waals surface area contributed by atoms with Crippen molar-refractivity contribution in [3.8, 4) is 22.9 Å². The van der Waals surface area contributed by atoms with Gasteiger partial charge < -0.3 is 14.5 Å². The van der Waals surface area contributed by atoms with Gasteiger partial charge in [0, 0.05) is 24.2 Å². The third-order valence-electron chi connectivity index (χ3n) is 7.94. The summed E-state index contributed by atoms with van der Waals surface area (Å²) in [6.45, 7) is 0.235. The van der Waals surface area contributed by atoms with Crippen molar-refractivity contribution in [2.45, 2.75) is 44.3 Å². The van der Waals surface area contributed by atoms with Gasteiger partial charge in [-0.3, -0.25) is 4.79 Å². The van der Waals surface area contributed by atoms with E-state index >= 15 is 0 Å². The van der Waals surface area contributed by atoms with E-state index in [0.717, 1.165) is 65.8 Å². The number of carbonyl (C=O) groups is 1. The van der Waals surface area contributed by atoms with Gasteiger partial charge in [-0.2, -0.15) is 5.26 Å². The molecule has 1 saturated carbocycles. The highest BCUT2D eigenvalue weighted by molar-refractivity contribution is 7.21. The van der Waals surface area contributed by atoms with E-state index in [-0.39, 0.29) is 38.5 Å². The smallest absolute Gasteiger partial charge is 0.266 e. The number of amides is 1. The first-order valence-corrected chi connectivity index (χ1v) is 14.6. The molecule has 0 atom stereocenters. The van der Waals surface area contributed by atoms with E-state index in [2.05, 4.69) is 25.1 Å². The topological polar surface area (TPSA) is 56.6 Å². The fourth-order valence-corrected chi connectivity index (χ4v) is 7.13. The molecule has 5 rings (SSSR count). The molecule has 9 heteroatoms. The standard InChI is InChI=1S/C32H30ClF2N3O2S/c1-37(2)23-9-11-24(12-10-23)38(32(39)31-29(33)28-25(34)13-14-26(35)30(28)41-31)18-22-16-21(8-15-27(22)40-3)20-6-4-19(17-36)5-7-20/h4-8,13-16,23-24H,9-12,18H2,1-3H3/t23-,24-. The number of ether oxygens (including phenoxy) is 1. The monoisotopic (exact) mass is 593 g/mol. The molecule has 0 spiro atoms. The van der Waals surface area contributed by atoms with Crippen molar-refractivity contribution in [3.63, 3.8) is 0 Å². The average molecular weight is 594 g/mol. The second-order valence-electron chi connectivity index (χ2n) is 10.6. The summed E-state index contributed by atoms with van der Waals surface area (Å²) in [4.78, 5) is 18.4. The van der Waals surface area contributed by atoms with Crippen LogP contribution in [0.5, 0.6) is 5.75 Å². The van der Waals surface area contributed by atoms with E-state index in [0.29, 0.717) is 17.4 Å². The molecule has 0 radical (unpaired) electrons. The second-order valence-corrected chi connectivity index (χ2v) is 12.0. The second kappa shape index (κ2) is 12.2. The fraction of sp³-hybridized carbons (Fsp3) is 0.312. The van der Waals surface area contributed by atoms with Gasteiger partial charge in [0.25, 0.3) is 5.91 Å². The van der Waals surface area contributed by atoms with E-state index < -0.39 is 11.6 Å². The minimum absolute atomic E-state index is 0.0370. The Morgan fingerprint density at radius 3 is 2.24 bits per heavy atom. The zero-order valence-electron chi connectivity index (χ0n) is 23.1. The number of hydrogen-bond acceptors (Lipinski definition) is 5. The molecule has 5 nitrogen and oxygen atoms in total. The van der Waals surface area contributed by atoms with Crippen LogP contribution in [0.1, 0.15) is 46.5 Å². The van der Waals surface area contributed by atoms with Gasteiger partial charge in [-0.1, -0.05) is 29.8 Å². The van der Waals surface area contributed by atoms with Crippen molar-refractivity contribution in [1.29, 1.82) is 5.26 Å². The number of thiophene rings is 1. The molecule has 41 heavy (non-hydrogen) atoms. The number of methoxy groups -OCH3 is 1. The van der Waals surface area contributed by atoms with Crippen LogP contribution in [-0.4, -0.2) is 49.0 Å². The molecule has 0 N–H and O–H groups in total. The Balaban J connectivity index is 1.55. The van der Waals surface area contributed by atoms with E-state index in [1.807, 2.05) is 30.3 Å². The number of fused-ring (bicyclic) bond motifs is 1. The minimum Gasteiger partial charge on any atom is -0.496 e. The van der Waals surface area contributed by atoms with Gasteiger partial charge in [0.2, 0.25) is 0 Å². The third kappa shape index (κ3) is 5.80. The van der Waals surface area contributed by atoms with Gasteiger partial charge >= 0.3 is 0 Å². The molecule has 1 aromatic heterocycles. The summed E-state index contributed by atoms with van der Waals surface area (Å²) < 4.78 is 35.0. The number of nitriles is 1. The lowest BCUT2D eigenvalue weighted by Crippen LogP contribution is -2.44. The highest BCUT2D eigenvalue weighted by atomic mass is 35.5. The summed E-state index contributed by atoms with van der Waals surface area (Å²) in [5.74, 6) is -0.991. The summed E-state index contributed by atoms with van der Waals surface area (Å²) in [7, 11) is 5.71. The van der Waals surface area contributed by atoms with Gasteiger partial charge in [0.1, 0.15) is 22.3 Å². The van der Waals surface area contributed by atoms with Gasteiger partial charge in [0.15, 0.2) is 0 Å². The van der Waals surface area contributed by atoms with E-state index in [1.165, 1.54) is 0 Å². The predicted octanol–water partition coefficient (Wildman–Crippen LogP) is 7.90. The van der Waals surface area contributed by atoms with Gasteiger partial charge in [-0.25, -0.2) is 8.78 Å². The number of carbonyl (C=O) groups excluding carboxylic acids is 1. The van der Waals surface area contributed by atoms with Crippen LogP contribution in [-0.2, 0) is 6.54 Å². The molecular formula is C32H30ClF2N3O2S. The average Bonchev–Trinajstić information content (AvgIpc) is 3.35. The highest BCUT2D eigenvalue weighted by Crippen LogP contribution is 2.41. The van der Waals surface area contributed by atoms with Gasteiger partial charge in [-0.05, 0) is 87.3 Å². The first-order chi connectivity index (χ1) is 19.7. The Hall–Kier alpha value is -3.51. The van der Waals surface area contributed by atoms with Crippen molar-refractivity contribution in [3.05, 3.63) is 87.3 Å². The Morgan fingerprint density at radius 2 is 1.63 bits per heavy atom. The minimum atomic E-state index is -0.656. The molecule has 1 aliphatic carbocycles. The lowest BCUT2D eigenvalue weighted by molar-refractivity contribution is 0.0573. The van der Waals surface area contributed by atoms with Crippen LogP contribution in [0.25, 0.3) is 21.2 Å². The zero-order valence-corrected chi connectivity index (χ0v) is 24.7. The Kier molecular flexibility index (Phi) is 8.60.